The third-order valence-electron chi connectivity index (χ3n) is 5.62. The van der Waals surface area contributed by atoms with Crippen LogP contribution in [0.4, 0.5) is 0 Å². The van der Waals surface area contributed by atoms with Gasteiger partial charge in [0.1, 0.15) is 0 Å². The van der Waals surface area contributed by atoms with E-state index < -0.39 is 11.5 Å². The minimum atomic E-state index is -0.573. The van der Waals surface area contributed by atoms with E-state index in [1.807, 2.05) is 53.4 Å². The molecule has 0 spiro atoms. The van der Waals surface area contributed by atoms with Crippen molar-refractivity contribution >= 4 is 18.5 Å². The second kappa shape index (κ2) is 8.39. The summed E-state index contributed by atoms with van der Waals surface area (Å²) in [6.45, 7) is 1.16. The number of aromatic nitrogens is 2. The Bertz CT molecular complexity index is 953. The van der Waals surface area contributed by atoms with Crippen LogP contribution in [0.1, 0.15) is 24.3 Å². The van der Waals surface area contributed by atoms with Crippen LogP contribution in [0, 0.1) is 0 Å². The number of likely N-dealkylation sites (tertiary alicyclic amines) is 1. The SMILES string of the molecule is N[C@@H](CS)C(=O)N1CCC(c2ccccc2)(c2nnc(-c3ccccc3)o2)CC1. The van der Waals surface area contributed by atoms with E-state index in [4.69, 9.17) is 10.2 Å². The van der Waals surface area contributed by atoms with E-state index in [2.05, 4.69) is 35.0 Å². The monoisotopic (exact) mass is 408 g/mol. The van der Waals surface area contributed by atoms with Crippen molar-refractivity contribution in [2.75, 3.05) is 18.8 Å². The quantitative estimate of drug-likeness (QED) is 0.634. The maximum Gasteiger partial charge on any atom is 0.247 e. The molecule has 0 aliphatic carbocycles. The minimum absolute atomic E-state index is 0.0582. The molecule has 2 N–H and O–H groups in total. The number of piperidine rings is 1. The van der Waals surface area contributed by atoms with Gasteiger partial charge in [0.25, 0.3) is 0 Å². The summed E-state index contributed by atoms with van der Waals surface area (Å²) in [4.78, 5) is 14.3. The molecule has 3 aromatic rings. The lowest BCUT2D eigenvalue weighted by atomic mass is 9.72. The number of rotatable bonds is 5. The Kier molecular flexibility index (Phi) is 5.69. The highest BCUT2D eigenvalue weighted by Gasteiger charge is 2.43. The van der Waals surface area contributed by atoms with Gasteiger partial charge in [-0.05, 0) is 30.5 Å². The third kappa shape index (κ3) is 3.80. The minimum Gasteiger partial charge on any atom is -0.420 e. The Labute approximate surface area is 175 Å². The highest BCUT2D eigenvalue weighted by molar-refractivity contribution is 7.80. The van der Waals surface area contributed by atoms with Crippen LogP contribution in [0.25, 0.3) is 11.5 Å². The zero-order valence-corrected chi connectivity index (χ0v) is 17.0. The molecule has 1 amide bonds. The fourth-order valence-corrected chi connectivity index (χ4v) is 4.07. The Hall–Kier alpha value is -2.64. The van der Waals surface area contributed by atoms with Crippen molar-refractivity contribution < 1.29 is 9.21 Å². The Balaban J connectivity index is 1.66. The van der Waals surface area contributed by atoms with Crippen LogP contribution in [0.2, 0.25) is 0 Å². The second-order valence-corrected chi connectivity index (χ2v) is 7.71. The zero-order valence-electron chi connectivity index (χ0n) is 16.1. The van der Waals surface area contributed by atoms with Gasteiger partial charge < -0.3 is 15.1 Å². The van der Waals surface area contributed by atoms with Crippen LogP contribution in [0.15, 0.2) is 65.1 Å². The molecule has 150 valence electrons. The number of thiol groups is 1. The number of nitrogens with zero attached hydrogens (tertiary/aromatic N) is 3. The van der Waals surface area contributed by atoms with E-state index >= 15 is 0 Å². The molecule has 1 fully saturated rings. The molecule has 29 heavy (non-hydrogen) atoms. The van der Waals surface area contributed by atoms with Crippen LogP contribution in [0.3, 0.4) is 0 Å². The van der Waals surface area contributed by atoms with Crippen molar-refractivity contribution in [2.24, 2.45) is 5.73 Å². The van der Waals surface area contributed by atoms with E-state index in [1.54, 1.807) is 0 Å². The summed E-state index contributed by atoms with van der Waals surface area (Å²) < 4.78 is 6.17. The van der Waals surface area contributed by atoms with E-state index in [9.17, 15) is 4.79 Å². The predicted octanol–water partition coefficient (Wildman–Crippen LogP) is 2.90. The van der Waals surface area contributed by atoms with Gasteiger partial charge in [0.05, 0.1) is 11.5 Å². The smallest absolute Gasteiger partial charge is 0.247 e. The molecule has 4 rings (SSSR count). The molecule has 2 heterocycles. The summed E-state index contributed by atoms with van der Waals surface area (Å²) in [6.07, 6.45) is 1.39. The Morgan fingerprint density at radius 1 is 1.07 bits per heavy atom. The van der Waals surface area contributed by atoms with Gasteiger partial charge in [-0.25, -0.2) is 0 Å². The first-order valence-corrected chi connectivity index (χ1v) is 10.4. The van der Waals surface area contributed by atoms with E-state index in [1.165, 1.54) is 0 Å². The summed E-state index contributed by atoms with van der Waals surface area (Å²) in [5, 5.41) is 8.73. The fourth-order valence-electron chi connectivity index (χ4n) is 3.92. The molecular weight excluding hydrogens is 384 g/mol. The van der Waals surface area contributed by atoms with Gasteiger partial charge in [-0.15, -0.1) is 10.2 Å². The zero-order chi connectivity index (χ0) is 20.3. The van der Waals surface area contributed by atoms with Crippen LogP contribution in [0.5, 0.6) is 0 Å². The molecule has 7 heteroatoms. The Morgan fingerprint density at radius 2 is 1.69 bits per heavy atom. The summed E-state index contributed by atoms with van der Waals surface area (Å²) in [5.74, 6) is 1.38. The lowest BCUT2D eigenvalue weighted by molar-refractivity contribution is -0.133. The average Bonchev–Trinajstić information content (AvgIpc) is 3.30. The van der Waals surface area contributed by atoms with Crippen LogP contribution < -0.4 is 5.73 Å². The number of hydrogen-bond acceptors (Lipinski definition) is 6. The van der Waals surface area contributed by atoms with Gasteiger partial charge >= 0.3 is 0 Å². The number of amides is 1. The molecule has 0 unspecified atom stereocenters. The topological polar surface area (TPSA) is 85.3 Å². The molecule has 0 radical (unpaired) electrons. The van der Waals surface area contributed by atoms with Crippen molar-refractivity contribution in [3.63, 3.8) is 0 Å². The van der Waals surface area contributed by atoms with E-state index in [0.29, 0.717) is 43.5 Å². The largest absolute Gasteiger partial charge is 0.420 e. The molecule has 1 aliphatic rings. The molecule has 0 bridgehead atoms. The van der Waals surface area contributed by atoms with Gasteiger partial charge in [0.15, 0.2) is 0 Å². The van der Waals surface area contributed by atoms with Crippen molar-refractivity contribution in [2.45, 2.75) is 24.3 Å². The highest BCUT2D eigenvalue weighted by atomic mass is 32.1. The third-order valence-corrected chi connectivity index (χ3v) is 6.02. The first-order chi connectivity index (χ1) is 14.1. The summed E-state index contributed by atoms with van der Waals surface area (Å²) in [5.41, 5.74) is 7.48. The van der Waals surface area contributed by atoms with Crippen LogP contribution in [-0.2, 0) is 10.2 Å². The van der Waals surface area contributed by atoms with E-state index in [0.717, 1.165) is 11.1 Å². The second-order valence-electron chi connectivity index (χ2n) is 7.34. The van der Waals surface area contributed by atoms with Gasteiger partial charge in [0.2, 0.25) is 17.7 Å². The number of benzene rings is 2. The molecule has 1 saturated heterocycles. The first-order valence-electron chi connectivity index (χ1n) is 9.74. The maximum absolute atomic E-state index is 12.5. The van der Waals surface area contributed by atoms with Crippen LogP contribution in [-0.4, -0.2) is 45.9 Å². The average molecular weight is 409 g/mol. The number of hydrogen-bond donors (Lipinski definition) is 2. The molecule has 0 saturated carbocycles. The predicted molar refractivity (Wildman–Crippen MR) is 115 cm³/mol. The molecule has 6 nitrogen and oxygen atoms in total. The maximum atomic E-state index is 12.5. The molecule has 2 aromatic carbocycles. The summed E-state index contributed by atoms with van der Waals surface area (Å²) in [6, 6.07) is 19.4. The van der Waals surface area contributed by atoms with Crippen LogP contribution >= 0.6 is 12.6 Å². The van der Waals surface area contributed by atoms with E-state index in [-0.39, 0.29) is 5.91 Å². The summed E-state index contributed by atoms with van der Waals surface area (Å²) >= 11 is 4.15. The molecule has 1 aliphatic heterocycles. The molecular formula is C22H24N4O2S. The number of nitrogens with two attached hydrogens (primary N) is 1. The number of carbonyl (C=O) groups excluding carboxylic acids is 1. The fraction of sp³-hybridized carbons (Fsp3) is 0.318. The highest BCUT2D eigenvalue weighted by Crippen LogP contribution is 2.41. The lowest BCUT2D eigenvalue weighted by Crippen LogP contribution is -2.51. The first kappa shape index (κ1) is 19.7. The standard InChI is InChI=1S/C22H24N4O2S/c23-18(15-29)20(27)26-13-11-22(12-14-26,17-9-5-2-6-10-17)21-25-24-19(28-21)16-7-3-1-4-8-16/h1-10,18,29H,11-15,23H2/t18-/m0/s1. The van der Waals surface area contributed by atoms with Crippen molar-refractivity contribution in [3.05, 3.63) is 72.1 Å². The number of carbonyl (C=O) groups is 1. The van der Waals surface area contributed by atoms with Crippen molar-refractivity contribution in [1.29, 1.82) is 0 Å². The van der Waals surface area contributed by atoms with Crippen molar-refractivity contribution in [3.8, 4) is 11.5 Å². The molecule has 1 aromatic heterocycles. The van der Waals surface area contributed by atoms with Crippen molar-refractivity contribution in [1.82, 2.24) is 15.1 Å². The Morgan fingerprint density at radius 3 is 2.31 bits per heavy atom. The van der Waals surface area contributed by atoms with Gasteiger partial charge in [0, 0.05) is 24.4 Å². The van der Waals surface area contributed by atoms with Gasteiger partial charge in [-0.2, -0.15) is 12.6 Å². The van der Waals surface area contributed by atoms with Gasteiger partial charge in [-0.3, -0.25) is 4.79 Å². The summed E-state index contributed by atoms with van der Waals surface area (Å²) in [7, 11) is 0. The normalized spacial score (nSPS) is 17.1. The molecule has 1 atom stereocenters. The lowest BCUT2D eigenvalue weighted by Gasteiger charge is -2.40. The van der Waals surface area contributed by atoms with Gasteiger partial charge in [-0.1, -0.05) is 48.5 Å².